The molecule has 1 unspecified atom stereocenters. The molecule has 3 aromatic rings. The van der Waals surface area contributed by atoms with Gasteiger partial charge in [0.25, 0.3) is 0 Å². The number of methoxy groups -OCH3 is 1. The molecule has 1 aromatic heterocycles. The standard InChI is InChI=1S/C23H20ClN3O3S2/c1-30-16-10-8-15(9-11-16)25-23-27(14-17-5-4-12-31-17)21(28)13-20(32-23)22(29)26-19-7-3-2-6-18(19)24/h2-12,20H,13-14H2,1H3,(H,26,29). The first-order chi connectivity index (χ1) is 15.5. The van der Waals surface area contributed by atoms with Crippen molar-refractivity contribution in [1.29, 1.82) is 0 Å². The van der Waals surface area contributed by atoms with E-state index in [4.69, 9.17) is 21.3 Å². The van der Waals surface area contributed by atoms with Gasteiger partial charge in [0, 0.05) is 11.3 Å². The number of hydrogen-bond acceptors (Lipinski definition) is 6. The molecule has 0 bridgehead atoms. The van der Waals surface area contributed by atoms with E-state index in [-0.39, 0.29) is 18.2 Å². The van der Waals surface area contributed by atoms with Gasteiger partial charge in [0.2, 0.25) is 11.8 Å². The number of aliphatic imine (C=N–C) groups is 1. The molecule has 0 saturated carbocycles. The molecule has 0 spiro atoms. The number of benzene rings is 2. The van der Waals surface area contributed by atoms with E-state index in [1.807, 2.05) is 29.6 Å². The van der Waals surface area contributed by atoms with Crippen molar-refractivity contribution in [2.45, 2.75) is 18.2 Å². The van der Waals surface area contributed by atoms with E-state index in [0.29, 0.717) is 33.9 Å². The van der Waals surface area contributed by atoms with Crippen LogP contribution >= 0.6 is 34.7 Å². The van der Waals surface area contributed by atoms with Gasteiger partial charge in [0.05, 0.1) is 30.1 Å². The van der Waals surface area contributed by atoms with Crippen LogP contribution < -0.4 is 10.1 Å². The third-order valence-corrected chi connectivity index (χ3v) is 7.13. The number of anilines is 1. The first kappa shape index (κ1) is 22.4. The van der Waals surface area contributed by atoms with Gasteiger partial charge in [-0.15, -0.1) is 11.3 Å². The van der Waals surface area contributed by atoms with Crippen LogP contribution in [0.25, 0.3) is 0 Å². The van der Waals surface area contributed by atoms with Gasteiger partial charge in [-0.1, -0.05) is 41.6 Å². The molecule has 2 heterocycles. The SMILES string of the molecule is COc1ccc(N=C2SC(C(=O)Nc3ccccc3Cl)CC(=O)N2Cc2cccs2)cc1. The van der Waals surface area contributed by atoms with Gasteiger partial charge in [0.1, 0.15) is 11.0 Å². The number of rotatable bonds is 6. The highest BCUT2D eigenvalue weighted by Crippen LogP contribution is 2.32. The molecule has 164 valence electrons. The highest BCUT2D eigenvalue weighted by Gasteiger charge is 2.36. The van der Waals surface area contributed by atoms with Crippen LogP contribution in [-0.4, -0.2) is 34.2 Å². The number of nitrogens with one attached hydrogen (secondary N) is 1. The molecular formula is C23H20ClN3O3S2. The summed E-state index contributed by atoms with van der Waals surface area (Å²) in [6.07, 6.45) is 0.0773. The van der Waals surface area contributed by atoms with E-state index in [1.54, 1.807) is 59.7 Å². The van der Waals surface area contributed by atoms with Crippen LogP contribution in [-0.2, 0) is 16.1 Å². The molecule has 1 aliphatic heterocycles. The second-order valence-corrected chi connectivity index (χ2v) is 9.54. The van der Waals surface area contributed by atoms with E-state index in [1.165, 1.54) is 11.8 Å². The summed E-state index contributed by atoms with van der Waals surface area (Å²) < 4.78 is 5.20. The Balaban J connectivity index is 1.59. The van der Waals surface area contributed by atoms with E-state index in [0.717, 1.165) is 4.88 Å². The maximum absolute atomic E-state index is 13.1. The van der Waals surface area contributed by atoms with E-state index >= 15 is 0 Å². The predicted octanol–water partition coefficient (Wildman–Crippen LogP) is 5.57. The minimum Gasteiger partial charge on any atom is -0.497 e. The predicted molar refractivity (Wildman–Crippen MR) is 131 cm³/mol. The Kier molecular flexibility index (Phi) is 7.14. The number of amidine groups is 1. The zero-order valence-corrected chi connectivity index (χ0v) is 19.5. The maximum Gasteiger partial charge on any atom is 0.238 e. The molecule has 1 atom stereocenters. The average molecular weight is 486 g/mol. The Labute approximate surface area is 199 Å². The molecule has 4 rings (SSSR count). The monoisotopic (exact) mass is 485 g/mol. The van der Waals surface area contributed by atoms with Crippen molar-refractivity contribution < 1.29 is 14.3 Å². The van der Waals surface area contributed by atoms with Crippen LogP contribution in [0.3, 0.4) is 0 Å². The Bertz CT molecular complexity index is 1130. The van der Waals surface area contributed by atoms with Gasteiger partial charge in [-0.2, -0.15) is 0 Å². The summed E-state index contributed by atoms with van der Waals surface area (Å²) in [5.41, 5.74) is 1.19. The summed E-state index contributed by atoms with van der Waals surface area (Å²) in [5.74, 6) is 0.284. The number of thioether (sulfide) groups is 1. The molecule has 6 nitrogen and oxygen atoms in total. The van der Waals surface area contributed by atoms with Crippen molar-refractivity contribution in [3.8, 4) is 5.75 Å². The first-order valence-corrected chi connectivity index (χ1v) is 11.9. The number of hydrogen-bond donors (Lipinski definition) is 1. The summed E-state index contributed by atoms with van der Waals surface area (Å²) in [6, 6.07) is 18.2. The second kappa shape index (κ2) is 10.2. The lowest BCUT2D eigenvalue weighted by Gasteiger charge is -2.31. The maximum atomic E-state index is 13.1. The highest BCUT2D eigenvalue weighted by atomic mass is 35.5. The number of nitrogens with zero attached hydrogens (tertiary/aromatic N) is 2. The summed E-state index contributed by atoms with van der Waals surface area (Å²) >= 11 is 9.02. The highest BCUT2D eigenvalue weighted by molar-refractivity contribution is 8.15. The number of carbonyl (C=O) groups is 2. The summed E-state index contributed by atoms with van der Waals surface area (Å²) in [7, 11) is 1.60. The van der Waals surface area contributed by atoms with Crippen molar-refractivity contribution in [1.82, 2.24) is 4.90 Å². The Hall–Kier alpha value is -2.81. The van der Waals surface area contributed by atoms with Crippen molar-refractivity contribution in [2.75, 3.05) is 12.4 Å². The molecule has 0 radical (unpaired) electrons. The van der Waals surface area contributed by atoms with Crippen LogP contribution in [0.5, 0.6) is 5.75 Å². The summed E-state index contributed by atoms with van der Waals surface area (Å²) in [6.45, 7) is 0.414. The van der Waals surface area contributed by atoms with Crippen LogP contribution in [0.1, 0.15) is 11.3 Å². The van der Waals surface area contributed by atoms with Gasteiger partial charge >= 0.3 is 0 Å². The van der Waals surface area contributed by atoms with E-state index < -0.39 is 5.25 Å². The first-order valence-electron chi connectivity index (χ1n) is 9.81. The lowest BCUT2D eigenvalue weighted by molar-refractivity contribution is -0.129. The van der Waals surface area contributed by atoms with Crippen LogP contribution in [0.2, 0.25) is 5.02 Å². The lowest BCUT2D eigenvalue weighted by atomic mass is 10.2. The van der Waals surface area contributed by atoms with Gasteiger partial charge in [-0.25, -0.2) is 4.99 Å². The Morgan fingerprint density at radius 3 is 2.66 bits per heavy atom. The van der Waals surface area contributed by atoms with Crippen LogP contribution in [0, 0.1) is 0 Å². The van der Waals surface area contributed by atoms with Crippen LogP contribution in [0.4, 0.5) is 11.4 Å². The average Bonchev–Trinajstić information content (AvgIpc) is 3.31. The van der Waals surface area contributed by atoms with Gasteiger partial charge < -0.3 is 10.1 Å². The zero-order chi connectivity index (χ0) is 22.5. The number of halogens is 1. The quantitative estimate of drug-likeness (QED) is 0.495. The summed E-state index contributed by atoms with van der Waals surface area (Å²) in [5, 5.41) is 5.11. The van der Waals surface area contributed by atoms with Gasteiger partial charge in [-0.3, -0.25) is 14.5 Å². The van der Waals surface area contributed by atoms with Crippen molar-refractivity contribution in [2.24, 2.45) is 4.99 Å². The molecule has 1 saturated heterocycles. The topological polar surface area (TPSA) is 71.0 Å². The van der Waals surface area contributed by atoms with Gasteiger partial charge in [-0.05, 0) is 47.8 Å². The minimum atomic E-state index is -0.615. The minimum absolute atomic E-state index is 0.0773. The lowest BCUT2D eigenvalue weighted by Crippen LogP contribution is -2.44. The smallest absolute Gasteiger partial charge is 0.238 e. The summed E-state index contributed by atoms with van der Waals surface area (Å²) in [4.78, 5) is 33.4. The molecule has 2 amide bonds. The fraction of sp³-hybridized carbons (Fsp3) is 0.174. The molecule has 2 aromatic carbocycles. The number of amides is 2. The molecular weight excluding hydrogens is 466 g/mol. The van der Waals surface area contributed by atoms with Crippen molar-refractivity contribution >= 4 is 63.1 Å². The largest absolute Gasteiger partial charge is 0.497 e. The molecule has 32 heavy (non-hydrogen) atoms. The van der Waals surface area contributed by atoms with Gasteiger partial charge in [0.15, 0.2) is 5.17 Å². The van der Waals surface area contributed by atoms with E-state index in [2.05, 4.69) is 5.32 Å². The normalized spacial score (nSPS) is 17.4. The fourth-order valence-electron chi connectivity index (χ4n) is 3.10. The third kappa shape index (κ3) is 5.32. The third-order valence-electron chi connectivity index (χ3n) is 4.76. The molecule has 1 aliphatic rings. The second-order valence-electron chi connectivity index (χ2n) is 6.93. The zero-order valence-electron chi connectivity index (χ0n) is 17.2. The number of carbonyl (C=O) groups excluding carboxylic acids is 2. The molecule has 9 heteroatoms. The molecule has 0 aliphatic carbocycles. The number of ether oxygens (including phenoxy) is 1. The molecule has 1 N–H and O–H groups in total. The molecule has 1 fully saturated rings. The van der Waals surface area contributed by atoms with Crippen LogP contribution in [0.15, 0.2) is 71.0 Å². The fourth-order valence-corrected chi connectivity index (χ4v) is 5.07. The number of para-hydroxylation sites is 1. The van der Waals surface area contributed by atoms with Crippen molar-refractivity contribution in [3.05, 3.63) is 75.9 Å². The van der Waals surface area contributed by atoms with E-state index in [9.17, 15) is 9.59 Å². The number of thiophene rings is 1. The Morgan fingerprint density at radius 2 is 1.97 bits per heavy atom. The van der Waals surface area contributed by atoms with Crippen molar-refractivity contribution in [3.63, 3.8) is 0 Å². The Morgan fingerprint density at radius 1 is 1.19 bits per heavy atom.